The minimum Gasteiger partial charge on any atom is -0.0885 e. The lowest BCUT2D eigenvalue weighted by Gasteiger charge is -2.02. The van der Waals surface area contributed by atoms with Gasteiger partial charge in [-0.05, 0) is 19.8 Å². The molecule has 17 heavy (non-hydrogen) atoms. The molecule has 0 fully saturated rings. The van der Waals surface area contributed by atoms with Crippen molar-refractivity contribution < 1.29 is 0 Å². The van der Waals surface area contributed by atoms with Crippen molar-refractivity contribution >= 4 is 0 Å². The first-order valence-corrected chi connectivity index (χ1v) is 7.65. The molecule has 0 unspecified atom stereocenters. The maximum atomic E-state index is 3.87. The fourth-order valence-electron chi connectivity index (χ4n) is 2.15. The van der Waals surface area contributed by atoms with Crippen LogP contribution in [0.3, 0.4) is 0 Å². The molecule has 0 aliphatic heterocycles. The van der Waals surface area contributed by atoms with Gasteiger partial charge in [0.25, 0.3) is 0 Å². The van der Waals surface area contributed by atoms with E-state index in [4.69, 9.17) is 0 Å². The molecule has 0 aromatic rings. The van der Waals surface area contributed by atoms with Crippen molar-refractivity contribution in [2.24, 2.45) is 0 Å². The molecule has 0 aromatic heterocycles. The first-order valence-electron chi connectivity index (χ1n) is 7.65. The van der Waals surface area contributed by atoms with Crippen LogP contribution >= 0.6 is 0 Å². The van der Waals surface area contributed by atoms with Crippen LogP contribution in [0.1, 0.15) is 83.5 Å². The molecule has 0 heteroatoms. The third-order valence-electron chi connectivity index (χ3n) is 3.29. The maximum Gasteiger partial charge on any atom is -0.0316 e. The Morgan fingerprint density at radius 3 is 1.41 bits per heavy atom. The Morgan fingerprint density at radius 2 is 1.00 bits per heavy atom. The van der Waals surface area contributed by atoms with Crippen LogP contribution in [0.4, 0.5) is 0 Å². The third kappa shape index (κ3) is 15.7. The lowest BCUT2D eigenvalue weighted by molar-refractivity contribution is 0.547. The molecule has 0 aromatic carbocycles. The molecule has 2 radical (unpaired) electrons. The van der Waals surface area contributed by atoms with Gasteiger partial charge in [0, 0.05) is 0 Å². The van der Waals surface area contributed by atoms with E-state index in [-0.39, 0.29) is 0 Å². The Kier molecular flexibility index (Phi) is 15.5. The van der Waals surface area contributed by atoms with Gasteiger partial charge < -0.3 is 0 Å². The van der Waals surface area contributed by atoms with Crippen LogP contribution in [0, 0.1) is 13.8 Å². The van der Waals surface area contributed by atoms with E-state index in [0.717, 1.165) is 6.42 Å². The predicted molar refractivity (Wildman–Crippen MR) is 79.9 cm³/mol. The lowest BCUT2D eigenvalue weighted by atomic mass is 10.0. The molecule has 0 saturated heterocycles. The zero-order chi connectivity index (χ0) is 12.6. The number of unbranched alkanes of at least 4 members (excludes halogenated alkanes) is 12. The highest BCUT2D eigenvalue weighted by atomic mass is 14.0. The van der Waals surface area contributed by atoms with E-state index in [1.54, 1.807) is 0 Å². The van der Waals surface area contributed by atoms with Gasteiger partial charge in [0.1, 0.15) is 0 Å². The topological polar surface area (TPSA) is 0 Å². The van der Waals surface area contributed by atoms with Gasteiger partial charge in [0.15, 0.2) is 0 Å². The summed E-state index contributed by atoms with van der Waals surface area (Å²) in [6.45, 7) is 7.57. The third-order valence-corrected chi connectivity index (χ3v) is 3.29. The Hall–Kier alpha value is -0.260. The van der Waals surface area contributed by atoms with Crippen LogP contribution in [0.25, 0.3) is 0 Å². The van der Waals surface area contributed by atoms with Gasteiger partial charge in [-0.1, -0.05) is 89.7 Å². The Labute approximate surface area is 110 Å². The highest BCUT2D eigenvalue weighted by Gasteiger charge is 1.92. The largest absolute Gasteiger partial charge is 0.0885 e. The highest BCUT2D eigenvalue weighted by molar-refractivity contribution is 4.83. The van der Waals surface area contributed by atoms with Gasteiger partial charge in [0.2, 0.25) is 0 Å². The van der Waals surface area contributed by atoms with Gasteiger partial charge >= 0.3 is 0 Å². The van der Waals surface area contributed by atoms with Gasteiger partial charge in [-0.2, -0.15) is 0 Å². The number of hydrogen-bond donors (Lipinski definition) is 0. The maximum absolute atomic E-state index is 3.87. The highest BCUT2D eigenvalue weighted by Crippen LogP contribution is 2.12. The standard InChI is InChI=1S/C17H32/c1-3-5-7-9-11-13-15-17-16-14-12-10-8-6-4-2/h3,5H,1-2,4,6-17H2. The van der Waals surface area contributed by atoms with Crippen molar-refractivity contribution in [3.8, 4) is 0 Å². The monoisotopic (exact) mass is 236 g/mol. The first kappa shape index (κ1) is 16.7. The molecule has 0 aliphatic rings. The van der Waals surface area contributed by atoms with Crippen molar-refractivity contribution in [1.82, 2.24) is 0 Å². The van der Waals surface area contributed by atoms with Crippen molar-refractivity contribution in [3.63, 3.8) is 0 Å². The summed E-state index contributed by atoms with van der Waals surface area (Å²) >= 11 is 0. The van der Waals surface area contributed by atoms with Crippen LogP contribution in [0.5, 0.6) is 0 Å². The fourth-order valence-corrected chi connectivity index (χ4v) is 2.15. The zero-order valence-corrected chi connectivity index (χ0v) is 11.8. The molecule has 100 valence electrons. The summed E-state index contributed by atoms with van der Waals surface area (Å²) in [4.78, 5) is 0. The number of hydrogen-bond acceptors (Lipinski definition) is 0. The second-order valence-corrected chi connectivity index (χ2v) is 5.00. The quantitative estimate of drug-likeness (QED) is 0.330. The molecule has 0 heterocycles. The molecule has 0 amide bonds. The van der Waals surface area contributed by atoms with Crippen molar-refractivity contribution in [1.29, 1.82) is 0 Å². The smallest absolute Gasteiger partial charge is 0.0316 e. The summed E-state index contributed by atoms with van der Waals surface area (Å²) in [5.74, 6) is 0. The van der Waals surface area contributed by atoms with E-state index >= 15 is 0 Å². The van der Waals surface area contributed by atoms with Crippen molar-refractivity contribution in [2.45, 2.75) is 83.5 Å². The second-order valence-electron chi connectivity index (χ2n) is 5.00. The Morgan fingerprint density at radius 1 is 0.588 bits per heavy atom. The minimum atomic E-state index is 1.11. The molecular formula is C17H32. The number of rotatable bonds is 13. The van der Waals surface area contributed by atoms with E-state index in [2.05, 4.69) is 19.9 Å². The SMILES string of the molecule is [CH2]C=CCCCCCCCCCCCCC[CH2]. The van der Waals surface area contributed by atoms with E-state index in [1.165, 1.54) is 77.0 Å². The lowest BCUT2D eigenvalue weighted by Crippen LogP contribution is -1.82. The normalized spacial score (nSPS) is 11.4. The van der Waals surface area contributed by atoms with Gasteiger partial charge in [0.05, 0.1) is 0 Å². The second kappa shape index (κ2) is 15.7. The van der Waals surface area contributed by atoms with E-state index in [9.17, 15) is 0 Å². The summed E-state index contributed by atoms with van der Waals surface area (Å²) in [6.07, 6.45) is 21.9. The molecule has 0 atom stereocenters. The summed E-state index contributed by atoms with van der Waals surface area (Å²) in [7, 11) is 0. The Bertz CT molecular complexity index is 146. The molecule has 0 aliphatic carbocycles. The van der Waals surface area contributed by atoms with Crippen LogP contribution in [-0.2, 0) is 0 Å². The molecule has 0 spiro atoms. The average Bonchev–Trinajstić information content (AvgIpc) is 2.35. The first-order chi connectivity index (χ1) is 8.41. The summed E-state index contributed by atoms with van der Waals surface area (Å²) in [5, 5.41) is 0. The van der Waals surface area contributed by atoms with E-state index < -0.39 is 0 Å². The van der Waals surface area contributed by atoms with Crippen molar-refractivity contribution in [2.75, 3.05) is 0 Å². The minimum absolute atomic E-state index is 1.11. The molecule has 0 bridgehead atoms. The van der Waals surface area contributed by atoms with Crippen LogP contribution in [-0.4, -0.2) is 0 Å². The summed E-state index contributed by atoms with van der Waals surface area (Å²) in [5.41, 5.74) is 0. The summed E-state index contributed by atoms with van der Waals surface area (Å²) < 4.78 is 0. The van der Waals surface area contributed by atoms with Crippen LogP contribution < -0.4 is 0 Å². The predicted octanol–water partition coefficient (Wildman–Crippen LogP) is 6.28. The van der Waals surface area contributed by atoms with Gasteiger partial charge in [-0.3, -0.25) is 0 Å². The molecular weight excluding hydrogens is 204 g/mol. The van der Waals surface area contributed by atoms with E-state index in [0.29, 0.717) is 0 Å². The van der Waals surface area contributed by atoms with Gasteiger partial charge in [-0.15, -0.1) is 0 Å². The van der Waals surface area contributed by atoms with Crippen LogP contribution in [0.15, 0.2) is 12.2 Å². The molecule has 0 nitrogen and oxygen atoms in total. The van der Waals surface area contributed by atoms with E-state index in [1.807, 2.05) is 6.08 Å². The number of allylic oxidation sites excluding steroid dienone is 2. The van der Waals surface area contributed by atoms with Crippen LogP contribution in [0.2, 0.25) is 0 Å². The molecule has 0 N–H and O–H groups in total. The van der Waals surface area contributed by atoms with Crippen molar-refractivity contribution in [3.05, 3.63) is 26.0 Å². The average molecular weight is 236 g/mol. The zero-order valence-electron chi connectivity index (χ0n) is 11.8. The van der Waals surface area contributed by atoms with Gasteiger partial charge in [-0.25, -0.2) is 0 Å². The summed E-state index contributed by atoms with van der Waals surface area (Å²) in [6, 6.07) is 0. The molecule has 0 rings (SSSR count). The molecule has 0 saturated carbocycles. The fraction of sp³-hybridized carbons (Fsp3) is 0.765. The Balaban J connectivity index is 2.89.